The monoisotopic (exact) mass is 320 g/mol. The minimum absolute atomic E-state index is 0.0599. The molecule has 1 atom stereocenters. The van der Waals surface area contributed by atoms with Crippen molar-refractivity contribution in [3.05, 3.63) is 23.9 Å². The Labute approximate surface area is 130 Å². The Hall–Kier alpha value is -2.97. The summed E-state index contributed by atoms with van der Waals surface area (Å²) in [6.45, 7) is 2.00. The number of aromatic nitrogens is 1. The highest BCUT2D eigenvalue weighted by Gasteiger charge is 2.32. The molecule has 2 N–H and O–H groups in total. The number of nitrogens with one attached hydrogen (secondary N) is 1. The van der Waals surface area contributed by atoms with E-state index in [1.807, 2.05) is 0 Å². The lowest BCUT2D eigenvalue weighted by Gasteiger charge is -2.12. The van der Waals surface area contributed by atoms with E-state index < -0.39 is 12.2 Å². The summed E-state index contributed by atoms with van der Waals surface area (Å²) in [5.41, 5.74) is 1.87. The minimum atomic E-state index is -0.484. The normalized spacial score (nSPS) is 18.5. The second kappa shape index (κ2) is 5.67. The fourth-order valence-corrected chi connectivity index (χ4v) is 2.48. The molecule has 23 heavy (non-hydrogen) atoms. The fraction of sp³-hybridized carbons (Fsp3) is 0.357. The summed E-state index contributed by atoms with van der Waals surface area (Å²) < 4.78 is 12.2. The Balaban J connectivity index is 1.85. The predicted octanol–water partition coefficient (Wildman–Crippen LogP) is 0.522. The number of amides is 2. The van der Waals surface area contributed by atoms with Crippen molar-refractivity contribution in [3.63, 3.8) is 0 Å². The van der Waals surface area contributed by atoms with Gasteiger partial charge in [-0.2, -0.15) is 0 Å². The molecule has 2 heterocycles. The largest absolute Gasteiger partial charge is 0.442 e. The number of anilines is 1. The number of oxazole rings is 1. The number of benzene rings is 1. The van der Waals surface area contributed by atoms with Crippen molar-refractivity contribution in [2.45, 2.75) is 13.0 Å². The third-order valence-corrected chi connectivity index (χ3v) is 3.64. The molecule has 9 nitrogen and oxygen atoms in total. The van der Waals surface area contributed by atoms with Crippen LogP contribution >= 0.6 is 0 Å². The van der Waals surface area contributed by atoms with Gasteiger partial charge in [0.05, 0.1) is 24.3 Å². The van der Waals surface area contributed by atoms with Gasteiger partial charge in [-0.3, -0.25) is 14.3 Å². The zero-order chi connectivity index (χ0) is 16.6. The Morgan fingerprint density at radius 3 is 3.00 bits per heavy atom. The van der Waals surface area contributed by atoms with Gasteiger partial charge in [-0.1, -0.05) is 0 Å². The molecule has 0 radical (unpaired) electrons. The van der Waals surface area contributed by atoms with Gasteiger partial charge in [0.25, 0.3) is 0 Å². The van der Waals surface area contributed by atoms with Gasteiger partial charge >= 0.3 is 11.8 Å². The molecule has 9 heteroatoms. The average Bonchev–Trinajstić information content (AvgIpc) is 3.05. The molecule has 2 amide bonds. The van der Waals surface area contributed by atoms with Crippen LogP contribution < -0.4 is 15.9 Å². The molecule has 3 rings (SSSR count). The first-order chi connectivity index (χ1) is 11.0. The molecule has 1 saturated heterocycles. The van der Waals surface area contributed by atoms with E-state index in [-0.39, 0.29) is 18.1 Å². The number of nitrogens with zero attached hydrogens (tertiary/aromatic N) is 3. The molecule has 2 aromatic rings. The van der Waals surface area contributed by atoms with Crippen molar-refractivity contribution in [2.24, 2.45) is 12.2 Å². The van der Waals surface area contributed by atoms with Gasteiger partial charge < -0.3 is 19.7 Å². The zero-order valence-corrected chi connectivity index (χ0v) is 12.6. The summed E-state index contributed by atoms with van der Waals surface area (Å²) in [6, 6.07) is 5.18. The Bertz CT molecular complexity index is 837. The van der Waals surface area contributed by atoms with Crippen molar-refractivity contribution in [1.82, 2.24) is 9.88 Å². The second-order valence-corrected chi connectivity index (χ2v) is 5.25. The molecule has 1 aliphatic heterocycles. The molecule has 1 unspecified atom stereocenters. The van der Waals surface area contributed by atoms with Crippen LogP contribution in [0.5, 0.6) is 0 Å². The molecule has 1 fully saturated rings. The van der Waals surface area contributed by atoms with Crippen molar-refractivity contribution >= 4 is 28.8 Å². The van der Waals surface area contributed by atoms with Crippen LogP contribution in [0.15, 0.2) is 27.8 Å². The molecule has 122 valence electrons. The fourth-order valence-electron chi connectivity index (χ4n) is 2.48. The van der Waals surface area contributed by atoms with Crippen molar-refractivity contribution in [1.29, 1.82) is 0 Å². The SMILES string of the molecule is CC(=O)NCC1CN(c2ccc3c(c2)oc(=NO)n3C)C(=O)O1. The Morgan fingerprint density at radius 2 is 2.30 bits per heavy atom. The highest BCUT2D eigenvalue weighted by molar-refractivity contribution is 5.92. The smallest absolute Gasteiger partial charge is 0.414 e. The number of carbonyl (C=O) groups excluding carboxylic acids is 2. The number of aryl methyl sites for hydroxylation is 1. The standard InChI is InChI=1S/C14H16N4O5/c1-8(19)15-6-10-7-18(14(20)22-10)9-3-4-11-12(5-9)23-13(16-21)17(11)2/h3-5,10,21H,6-7H2,1-2H3,(H,15,19). The van der Waals surface area contributed by atoms with Crippen LogP contribution in [0.2, 0.25) is 0 Å². The second-order valence-electron chi connectivity index (χ2n) is 5.25. The third-order valence-electron chi connectivity index (χ3n) is 3.64. The van der Waals surface area contributed by atoms with Gasteiger partial charge in [-0.05, 0) is 17.3 Å². The number of fused-ring (bicyclic) bond motifs is 1. The minimum Gasteiger partial charge on any atom is -0.442 e. The maximum Gasteiger partial charge on any atom is 0.414 e. The number of ether oxygens (including phenoxy) is 1. The Kier molecular flexibility index (Phi) is 3.68. The molecular formula is C14H16N4O5. The van der Waals surface area contributed by atoms with Gasteiger partial charge in [0.15, 0.2) is 5.58 Å². The van der Waals surface area contributed by atoms with E-state index in [2.05, 4.69) is 10.5 Å². The van der Waals surface area contributed by atoms with Crippen LogP contribution in [-0.4, -0.2) is 41.0 Å². The zero-order valence-electron chi connectivity index (χ0n) is 12.6. The highest BCUT2D eigenvalue weighted by atomic mass is 16.6. The first-order valence-electron chi connectivity index (χ1n) is 7.00. The van der Waals surface area contributed by atoms with Crippen LogP contribution in [0.3, 0.4) is 0 Å². The summed E-state index contributed by atoms with van der Waals surface area (Å²) >= 11 is 0. The van der Waals surface area contributed by atoms with E-state index >= 15 is 0 Å². The van der Waals surface area contributed by atoms with E-state index in [0.717, 1.165) is 5.52 Å². The number of rotatable bonds is 3. The van der Waals surface area contributed by atoms with Crippen molar-refractivity contribution < 1.29 is 24.0 Å². The summed E-state index contributed by atoms with van der Waals surface area (Å²) in [5.74, 6) is -0.177. The van der Waals surface area contributed by atoms with Gasteiger partial charge in [0.1, 0.15) is 6.10 Å². The maximum atomic E-state index is 12.0. The van der Waals surface area contributed by atoms with Crippen LogP contribution in [0, 0.1) is 0 Å². The lowest BCUT2D eigenvalue weighted by Crippen LogP contribution is -2.33. The first kappa shape index (κ1) is 14.9. The van der Waals surface area contributed by atoms with Crippen LogP contribution in [0.4, 0.5) is 10.5 Å². The molecule has 1 aliphatic rings. The number of carbonyl (C=O) groups is 2. The molecule has 1 aromatic heterocycles. The molecule has 1 aromatic carbocycles. The summed E-state index contributed by atoms with van der Waals surface area (Å²) in [4.78, 5) is 24.4. The van der Waals surface area contributed by atoms with Gasteiger partial charge in [-0.15, -0.1) is 0 Å². The van der Waals surface area contributed by atoms with Gasteiger partial charge in [0, 0.05) is 20.0 Å². The predicted molar refractivity (Wildman–Crippen MR) is 78.8 cm³/mol. The molecule has 0 bridgehead atoms. The van der Waals surface area contributed by atoms with Crippen LogP contribution in [0.1, 0.15) is 6.92 Å². The summed E-state index contributed by atoms with van der Waals surface area (Å²) in [7, 11) is 1.70. The summed E-state index contributed by atoms with van der Waals surface area (Å²) in [6.07, 6.45) is -0.888. The van der Waals surface area contributed by atoms with E-state index in [0.29, 0.717) is 17.8 Å². The number of cyclic esters (lactones) is 1. The summed E-state index contributed by atoms with van der Waals surface area (Å²) in [5, 5.41) is 14.5. The van der Waals surface area contributed by atoms with E-state index in [4.69, 9.17) is 14.4 Å². The number of hydrogen-bond acceptors (Lipinski definition) is 6. The van der Waals surface area contributed by atoms with Crippen LogP contribution in [-0.2, 0) is 16.6 Å². The Morgan fingerprint density at radius 1 is 1.52 bits per heavy atom. The van der Waals surface area contributed by atoms with Crippen molar-refractivity contribution in [3.8, 4) is 0 Å². The molecule has 0 spiro atoms. The highest BCUT2D eigenvalue weighted by Crippen LogP contribution is 2.25. The topological polar surface area (TPSA) is 109 Å². The lowest BCUT2D eigenvalue weighted by molar-refractivity contribution is -0.119. The van der Waals surface area contributed by atoms with Gasteiger partial charge in [0.2, 0.25) is 5.91 Å². The quantitative estimate of drug-likeness (QED) is 0.633. The molecular weight excluding hydrogens is 304 g/mol. The molecule has 0 aliphatic carbocycles. The van der Waals surface area contributed by atoms with Gasteiger partial charge in [-0.25, -0.2) is 4.79 Å². The number of hydrogen-bond donors (Lipinski definition) is 2. The third kappa shape index (κ3) is 2.72. The average molecular weight is 320 g/mol. The maximum absolute atomic E-state index is 12.0. The van der Waals surface area contributed by atoms with E-state index in [9.17, 15) is 9.59 Å². The van der Waals surface area contributed by atoms with Crippen LogP contribution in [0.25, 0.3) is 11.1 Å². The van der Waals surface area contributed by atoms with E-state index in [1.165, 1.54) is 11.8 Å². The van der Waals surface area contributed by atoms with Crippen molar-refractivity contribution in [2.75, 3.05) is 18.0 Å². The first-order valence-corrected chi connectivity index (χ1v) is 7.00. The van der Waals surface area contributed by atoms with E-state index in [1.54, 1.807) is 29.8 Å². The molecule has 0 saturated carbocycles. The lowest BCUT2D eigenvalue weighted by atomic mass is 10.2.